The van der Waals surface area contributed by atoms with Gasteiger partial charge in [-0.2, -0.15) is 0 Å². The predicted octanol–water partition coefficient (Wildman–Crippen LogP) is 12.4. The second-order valence-electron chi connectivity index (χ2n) is 19.7. The van der Waals surface area contributed by atoms with Crippen molar-refractivity contribution in [1.29, 1.82) is 0 Å². The Bertz CT molecular complexity index is 2300. The molecule has 1 fully saturated rings. The van der Waals surface area contributed by atoms with E-state index in [1.54, 1.807) is 35.3 Å². The lowest BCUT2D eigenvalue weighted by Gasteiger charge is -2.60. The number of oxime groups is 1. The van der Waals surface area contributed by atoms with E-state index in [4.69, 9.17) is 24.2 Å². The third-order valence-electron chi connectivity index (χ3n) is 14.5. The number of non-ortho nitro benzene ring substituents is 1. The van der Waals surface area contributed by atoms with Gasteiger partial charge in [0.2, 0.25) is 11.7 Å². The highest BCUT2D eigenvalue weighted by atomic mass is 16.7. The molecule has 1 heterocycles. The van der Waals surface area contributed by atoms with Crippen molar-refractivity contribution >= 4 is 29.5 Å². The van der Waals surface area contributed by atoms with Crippen LogP contribution in [0.1, 0.15) is 152 Å². The molecule has 0 spiro atoms. The topological polar surface area (TPSA) is 182 Å². The first kappa shape index (κ1) is 56.5. The molecule has 73 heavy (non-hydrogen) atoms. The Morgan fingerprint density at radius 1 is 0.890 bits per heavy atom. The van der Waals surface area contributed by atoms with Crippen molar-refractivity contribution in [2.24, 2.45) is 22.9 Å². The molecule has 6 rings (SSSR count). The SMILES string of the molecule is C=CCO[C@@]12Oc3ccc(OC(=O)NCCCCCCCCCCCC)cc3[C@H]3[C@H](CCCCO)[C@@H](CCCCO)C=C(C(=NOCc4ccccc4)C[C@@H]1N(CCC)C(=O)C=Cc1ccc([N+](=O)[O-])cc1)[C@H]32. The van der Waals surface area contributed by atoms with Crippen molar-refractivity contribution < 1.29 is 43.8 Å². The van der Waals surface area contributed by atoms with Crippen LogP contribution in [-0.4, -0.2) is 82.5 Å². The fourth-order valence-corrected chi connectivity index (χ4v) is 11.0. The van der Waals surface area contributed by atoms with E-state index in [2.05, 4.69) is 24.9 Å². The highest BCUT2D eigenvalue weighted by molar-refractivity contribution is 6.03. The summed E-state index contributed by atoms with van der Waals surface area (Å²) in [7, 11) is 0. The van der Waals surface area contributed by atoms with Gasteiger partial charge in [0.25, 0.3) is 5.69 Å². The van der Waals surface area contributed by atoms with Gasteiger partial charge in [-0.25, -0.2) is 4.79 Å². The van der Waals surface area contributed by atoms with Crippen LogP contribution >= 0.6 is 0 Å². The minimum absolute atomic E-state index is 0.00681. The number of ether oxygens (including phenoxy) is 3. The van der Waals surface area contributed by atoms with Crippen LogP contribution in [0, 0.1) is 27.9 Å². The summed E-state index contributed by atoms with van der Waals surface area (Å²) in [6.45, 7) is 9.58. The lowest BCUT2D eigenvalue weighted by atomic mass is 9.55. The molecule has 1 aliphatic heterocycles. The molecule has 1 saturated carbocycles. The maximum Gasteiger partial charge on any atom is 0.412 e. The highest BCUT2D eigenvalue weighted by Gasteiger charge is 2.65. The number of nitrogens with zero attached hydrogens (tertiary/aromatic N) is 3. The number of carbonyl (C=O) groups excluding carboxylic acids is 2. The number of fused-ring (bicyclic) bond motifs is 2. The molecule has 3 aliphatic rings. The molecule has 0 aromatic heterocycles. The fourth-order valence-electron chi connectivity index (χ4n) is 11.0. The zero-order chi connectivity index (χ0) is 51.8. The number of nitro benzene ring substituents is 1. The Hall–Kier alpha value is -5.83. The zero-order valence-corrected chi connectivity index (χ0v) is 43.3. The summed E-state index contributed by atoms with van der Waals surface area (Å²) in [4.78, 5) is 47.3. The van der Waals surface area contributed by atoms with Gasteiger partial charge in [0, 0.05) is 62.4 Å². The second kappa shape index (κ2) is 29.8. The highest BCUT2D eigenvalue weighted by Crippen LogP contribution is 2.62. The number of nitrogens with one attached hydrogen (secondary N) is 1. The van der Waals surface area contributed by atoms with Crippen LogP contribution in [0.25, 0.3) is 6.08 Å². The third-order valence-corrected chi connectivity index (χ3v) is 14.5. The van der Waals surface area contributed by atoms with E-state index < -0.39 is 28.8 Å². The Morgan fingerprint density at radius 3 is 2.26 bits per heavy atom. The Kier molecular flexibility index (Phi) is 23.0. The lowest BCUT2D eigenvalue weighted by molar-refractivity contribution is -0.384. The first-order valence-electron chi connectivity index (χ1n) is 27.1. The maximum absolute atomic E-state index is 14.9. The first-order valence-corrected chi connectivity index (χ1v) is 27.1. The van der Waals surface area contributed by atoms with Gasteiger partial charge < -0.3 is 39.5 Å². The van der Waals surface area contributed by atoms with Crippen molar-refractivity contribution in [2.45, 2.75) is 154 Å². The first-order chi connectivity index (χ1) is 35.7. The number of benzene rings is 3. The van der Waals surface area contributed by atoms with E-state index in [1.165, 1.54) is 63.2 Å². The number of hydrogen-bond acceptors (Lipinski definition) is 11. The third kappa shape index (κ3) is 15.6. The van der Waals surface area contributed by atoms with Gasteiger partial charge in [-0.3, -0.25) is 14.9 Å². The summed E-state index contributed by atoms with van der Waals surface area (Å²) >= 11 is 0. The monoisotopic (exact) mass is 1000 g/mol. The van der Waals surface area contributed by atoms with E-state index in [0.29, 0.717) is 55.1 Å². The number of hydrogen-bond donors (Lipinski definition) is 3. The lowest BCUT2D eigenvalue weighted by Crippen LogP contribution is -2.70. The molecule has 14 nitrogen and oxygen atoms in total. The van der Waals surface area contributed by atoms with Crippen LogP contribution in [0.15, 0.2) is 108 Å². The minimum Gasteiger partial charge on any atom is -0.459 e. The smallest absolute Gasteiger partial charge is 0.412 e. The van der Waals surface area contributed by atoms with Crippen molar-refractivity contribution in [3.05, 3.63) is 130 Å². The van der Waals surface area contributed by atoms with Gasteiger partial charge in [-0.05, 0) is 103 Å². The number of allylic oxidation sites excluding steroid dienone is 1. The molecule has 0 saturated heterocycles. The van der Waals surface area contributed by atoms with Crippen molar-refractivity contribution in [2.75, 3.05) is 32.9 Å². The summed E-state index contributed by atoms with van der Waals surface area (Å²) in [6.07, 6.45) is 23.7. The summed E-state index contributed by atoms with van der Waals surface area (Å²) in [6, 6.07) is 20.6. The number of aliphatic hydroxyl groups is 2. The van der Waals surface area contributed by atoms with Crippen LogP contribution in [0.3, 0.4) is 0 Å². The average Bonchev–Trinajstić information content (AvgIpc) is 3.40. The van der Waals surface area contributed by atoms with Gasteiger partial charge >= 0.3 is 6.09 Å². The quantitative estimate of drug-likeness (QED) is 0.0179. The van der Waals surface area contributed by atoms with Crippen molar-refractivity contribution in [3.63, 3.8) is 0 Å². The summed E-state index contributed by atoms with van der Waals surface area (Å²) < 4.78 is 20.5. The second-order valence-corrected chi connectivity index (χ2v) is 19.7. The Morgan fingerprint density at radius 2 is 1.59 bits per heavy atom. The maximum atomic E-state index is 14.9. The van der Waals surface area contributed by atoms with E-state index in [9.17, 15) is 29.9 Å². The summed E-state index contributed by atoms with van der Waals surface area (Å²) in [5.74, 6) is -1.78. The predicted molar refractivity (Wildman–Crippen MR) is 286 cm³/mol. The van der Waals surface area contributed by atoms with Gasteiger partial charge in [0.05, 0.1) is 23.2 Å². The van der Waals surface area contributed by atoms with E-state index >= 15 is 0 Å². The molecule has 3 aromatic carbocycles. The fraction of sp³-hybridized carbons (Fsp3) is 0.542. The molecule has 0 radical (unpaired) electrons. The number of amides is 2. The van der Waals surface area contributed by atoms with E-state index in [-0.39, 0.29) is 62.2 Å². The molecule has 3 aromatic rings. The van der Waals surface area contributed by atoms with Gasteiger partial charge in [-0.15, -0.1) is 6.58 Å². The number of nitro groups is 1. The molecule has 0 bridgehead atoms. The Labute approximate surface area is 433 Å². The number of rotatable bonds is 32. The number of carbonyl (C=O) groups is 2. The van der Waals surface area contributed by atoms with E-state index in [0.717, 1.165) is 61.6 Å². The minimum atomic E-state index is -1.48. The van der Waals surface area contributed by atoms with Gasteiger partial charge in [0.15, 0.2) is 0 Å². The number of aliphatic hydroxyl groups excluding tert-OH is 2. The molecule has 396 valence electrons. The molecule has 6 atom stereocenters. The summed E-state index contributed by atoms with van der Waals surface area (Å²) in [5, 5.41) is 39.4. The van der Waals surface area contributed by atoms with Crippen molar-refractivity contribution in [1.82, 2.24) is 10.2 Å². The van der Waals surface area contributed by atoms with Crippen molar-refractivity contribution in [3.8, 4) is 11.5 Å². The Balaban J connectivity index is 1.41. The molecule has 0 unspecified atom stereocenters. The average molecular weight is 1010 g/mol. The van der Waals surface area contributed by atoms with Gasteiger partial charge in [0.1, 0.15) is 24.1 Å². The molecule has 3 N–H and O–H groups in total. The largest absolute Gasteiger partial charge is 0.459 e. The molecule has 2 amide bonds. The van der Waals surface area contributed by atoms with Crippen LogP contribution in [0.4, 0.5) is 10.5 Å². The van der Waals surface area contributed by atoms with E-state index in [1.807, 2.05) is 49.4 Å². The molecular weight excluding hydrogens is 925 g/mol. The zero-order valence-electron chi connectivity index (χ0n) is 43.3. The van der Waals surface area contributed by atoms with Crippen LogP contribution in [0.2, 0.25) is 0 Å². The van der Waals surface area contributed by atoms with Crippen LogP contribution in [-0.2, 0) is 21.0 Å². The standard InChI is InChI=1S/C59H80N4O10/c1-4-7-8-9-10-11-12-13-14-20-35-60-58(67)72-48-32-33-53-51(41-48)56-49(26-19-22-38-65)46(25-18-21-37-64)40-50-52(61-71-43-45-23-16-15-17-24-45)42-54(59(73-53,57(50)56)70-39-6-3)62(36-5-2)55(66)34-29-44-27-30-47(31-28-44)63(68)69/h6,15-17,23-24,27-34,40-41,46,49,54,56-57,64-65H,3-5,7-14,18-22,25-26,35-39,42-43H2,1-2H3,(H,60,67)/t46-,49+,54-,56+,57+,59+/m0/s1. The molecule has 2 aliphatic carbocycles. The normalized spacial score (nSPS) is 21.4. The van der Waals surface area contributed by atoms with Gasteiger partial charge in [-0.1, -0.05) is 132 Å². The number of unbranched alkanes of at least 4 members (excludes halogenated alkanes) is 11. The molecular formula is C59H80N4O10. The summed E-state index contributed by atoms with van der Waals surface area (Å²) in [5.41, 5.74) is 3.91. The van der Waals surface area contributed by atoms with Crippen LogP contribution in [0.5, 0.6) is 11.5 Å². The molecule has 14 heteroatoms. The van der Waals surface area contributed by atoms with Crippen LogP contribution < -0.4 is 14.8 Å².